The van der Waals surface area contributed by atoms with Crippen LogP contribution >= 0.6 is 0 Å². The van der Waals surface area contributed by atoms with Crippen LogP contribution in [0.3, 0.4) is 0 Å². The van der Waals surface area contributed by atoms with Crippen molar-refractivity contribution in [2.75, 3.05) is 23.7 Å². The second-order valence-electron chi connectivity index (χ2n) is 3.96. The van der Waals surface area contributed by atoms with Gasteiger partial charge in [-0.05, 0) is 31.4 Å². The van der Waals surface area contributed by atoms with E-state index in [9.17, 15) is 4.79 Å². The molecule has 0 atom stereocenters. The van der Waals surface area contributed by atoms with E-state index in [1.54, 1.807) is 6.07 Å². The highest BCUT2D eigenvalue weighted by molar-refractivity contribution is 5.87. The van der Waals surface area contributed by atoms with Gasteiger partial charge in [-0.15, -0.1) is 0 Å². The fourth-order valence-electron chi connectivity index (χ4n) is 1.94. The molecule has 1 aliphatic rings. The van der Waals surface area contributed by atoms with Gasteiger partial charge in [-0.1, -0.05) is 0 Å². The molecule has 16 heavy (non-hydrogen) atoms. The molecule has 5 heteroatoms. The van der Waals surface area contributed by atoms with Crippen molar-refractivity contribution < 1.29 is 9.90 Å². The lowest BCUT2D eigenvalue weighted by molar-refractivity contribution is 0.0690. The summed E-state index contributed by atoms with van der Waals surface area (Å²) in [5.74, 6) is -0.405. The number of anilines is 2. The molecule has 1 fully saturated rings. The van der Waals surface area contributed by atoms with Gasteiger partial charge in [-0.3, -0.25) is 0 Å². The fourth-order valence-corrected chi connectivity index (χ4v) is 1.94. The average Bonchev–Trinajstić information content (AvgIpc) is 2.30. The van der Waals surface area contributed by atoms with E-state index < -0.39 is 5.97 Å². The molecule has 2 rings (SSSR count). The Hall–Kier alpha value is -1.78. The molecule has 1 saturated heterocycles. The fraction of sp³-hybridized carbons (Fsp3) is 0.455. The van der Waals surface area contributed by atoms with Crippen LogP contribution in [-0.2, 0) is 0 Å². The molecule has 0 amide bonds. The van der Waals surface area contributed by atoms with Gasteiger partial charge in [0.1, 0.15) is 0 Å². The Morgan fingerprint density at radius 3 is 2.62 bits per heavy atom. The number of pyridine rings is 1. The lowest BCUT2D eigenvalue weighted by Gasteiger charge is -2.28. The smallest absolute Gasteiger partial charge is 0.354 e. The molecular weight excluding hydrogens is 206 g/mol. The topological polar surface area (TPSA) is 79.5 Å². The number of nitrogen functional groups attached to an aromatic ring is 1. The zero-order valence-corrected chi connectivity index (χ0v) is 9.02. The molecule has 0 saturated carbocycles. The van der Waals surface area contributed by atoms with Crippen molar-refractivity contribution in [3.05, 3.63) is 17.8 Å². The SMILES string of the molecule is Nc1ccc(C(=O)O)nc1N1CCCCC1. The van der Waals surface area contributed by atoms with Crippen LogP contribution in [0.25, 0.3) is 0 Å². The first-order chi connectivity index (χ1) is 7.68. The summed E-state index contributed by atoms with van der Waals surface area (Å²) < 4.78 is 0. The van der Waals surface area contributed by atoms with E-state index in [4.69, 9.17) is 10.8 Å². The Labute approximate surface area is 93.9 Å². The highest BCUT2D eigenvalue weighted by Crippen LogP contribution is 2.24. The van der Waals surface area contributed by atoms with E-state index >= 15 is 0 Å². The van der Waals surface area contributed by atoms with E-state index in [0.717, 1.165) is 25.9 Å². The van der Waals surface area contributed by atoms with Gasteiger partial charge in [0.05, 0.1) is 5.69 Å². The van der Waals surface area contributed by atoms with Crippen LogP contribution in [0.15, 0.2) is 12.1 Å². The number of hydrogen-bond acceptors (Lipinski definition) is 4. The predicted octanol–water partition coefficient (Wildman–Crippen LogP) is 1.35. The molecule has 0 aliphatic carbocycles. The summed E-state index contributed by atoms with van der Waals surface area (Å²) in [5, 5.41) is 8.88. The molecule has 1 aromatic heterocycles. The van der Waals surface area contributed by atoms with Crippen molar-refractivity contribution in [3.8, 4) is 0 Å². The number of aromatic carboxylic acids is 1. The number of carbonyl (C=O) groups is 1. The van der Waals surface area contributed by atoms with Crippen LogP contribution in [0.1, 0.15) is 29.8 Å². The average molecular weight is 221 g/mol. The van der Waals surface area contributed by atoms with Crippen molar-refractivity contribution in [2.24, 2.45) is 0 Å². The molecule has 1 aliphatic heterocycles. The van der Waals surface area contributed by atoms with Crippen LogP contribution in [0.2, 0.25) is 0 Å². The molecule has 86 valence electrons. The van der Waals surface area contributed by atoms with Crippen LogP contribution in [0.5, 0.6) is 0 Å². The van der Waals surface area contributed by atoms with E-state index in [1.165, 1.54) is 12.5 Å². The molecule has 5 nitrogen and oxygen atoms in total. The minimum atomic E-state index is -1.02. The number of rotatable bonds is 2. The van der Waals surface area contributed by atoms with E-state index in [0.29, 0.717) is 11.5 Å². The first-order valence-electron chi connectivity index (χ1n) is 5.43. The summed E-state index contributed by atoms with van der Waals surface area (Å²) in [5.41, 5.74) is 6.42. The number of aromatic nitrogens is 1. The molecule has 2 heterocycles. The zero-order valence-electron chi connectivity index (χ0n) is 9.02. The first kappa shape index (κ1) is 10.7. The van der Waals surface area contributed by atoms with E-state index in [2.05, 4.69) is 9.88 Å². The predicted molar refractivity (Wildman–Crippen MR) is 61.7 cm³/mol. The number of carboxylic acid groups (broad SMARTS) is 1. The van der Waals surface area contributed by atoms with Gasteiger partial charge in [0.25, 0.3) is 0 Å². The summed E-state index contributed by atoms with van der Waals surface area (Å²) in [4.78, 5) is 17.0. The lowest BCUT2D eigenvalue weighted by atomic mass is 10.1. The van der Waals surface area contributed by atoms with E-state index in [-0.39, 0.29) is 5.69 Å². The van der Waals surface area contributed by atoms with Crippen molar-refractivity contribution in [1.82, 2.24) is 4.98 Å². The van der Waals surface area contributed by atoms with Gasteiger partial charge in [0, 0.05) is 13.1 Å². The maximum absolute atomic E-state index is 10.8. The molecule has 0 radical (unpaired) electrons. The summed E-state index contributed by atoms with van der Waals surface area (Å²) >= 11 is 0. The molecule has 1 aromatic rings. The number of nitrogens with two attached hydrogens (primary N) is 1. The van der Waals surface area contributed by atoms with Gasteiger partial charge in [-0.2, -0.15) is 0 Å². The molecule has 0 bridgehead atoms. The Bertz CT molecular complexity index is 400. The van der Waals surface area contributed by atoms with Crippen molar-refractivity contribution in [2.45, 2.75) is 19.3 Å². The Morgan fingerprint density at radius 1 is 1.31 bits per heavy atom. The van der Waals surface area contributed by atoms with Crippen molar-refractivity contribution in [3.63, 3.8) is 0 Å². The monoisotopic (exact) mass is 221 g/mol. The molecular formula is C11H15N3O2. The van der Waals surface area contributed by atoms with Crippen LogP contribution < -0.4 is 10.6 Å². The van der Waals surface area contributed by atoms with Crippen LogP contribution in [0, 0.1) is 0 Å². The minimum Gasteiger partial charge on any atom is -0.477 e. The molecule has 0 unspecified atom stereocenters. The van der Waals surface area contributed by atoms with Gasteiger partial charge < -0.3 is 15.7 Å². The number of carboxylic acids is 1. The first-order valence-corrected chi connectivity index (χ1v) is 5.43. The normalized spacial score (nSPS) is 16.1. The number of piperidine rings is 1. The zero-order chi connectivity index (χ0) is 11.5. The second-order valence-corrected chi connectivity index (χ2v) is 3.96. The summed E-state index contributed by atoms with van der Waals surface area (Å²) in [6.45, 7) is 1.81. The Balaban J connectivity index is 2.30. The third-order valence-electron chi connectivity index (χ3n) is 2.78. The molecule has 0 spiro atoms. The van der Waals surface area contributed by atoms with Crippen molar-refractivity contribution >= 4 is 17.5 Å². The summed E-state index contributed by atoms with van der Waals surface area (Å²) in [6, 6.07) is 3.05. The molecule has 0 aromatic carbocycles. The highest BCUT2D eigenvalue weighted by Gasteiger charge is 2.16. The quantitative estimate of drug-likeness (QED) is 0.788. The van der Waals surface area contributed by atoms with Crippen LogP contribution in [0.4, 0.5) is 11.5 Å². The second kappa shape index (κ2) is 4.38. The summed E-state index contributed by atoms with van der Waals surface area (Å²) in [6.07, 6.45) is 3.44. The third kappa shape index (κ3) is 2.08. The summed E-state index contributed by atoms with van der Waals surface area (Å²) in [7, 11) is 0. The standard InChI is InChI=1S/C11H15N3O2/c12-8-4-5-9(11(15)16)13-10(8)14-6-2-1-3-7-14/h4-5H,1-3,6-7,12H2,(H,15,16). The van der Waals surface area contributed by atoms with Gasteiger partial charge >= 0.3 is 5.97 Å². The Morgan fingerprint density at radius 2 is 2.00 bits per heavy atom. The Kier molecular flexibility index (Phi) is 2.94. The minimum absolute atomic E-state index is 0.0507. The number of nitrogens with zero attached hydrogens (tertiary/aromatic N) is 2. The molecule has 3 N–H and O–H groups in total. The third-order valence-corrected chi connectivity index (χ3v) is 2.78. The maximum Gasteiger partial charge on any atom is 0.354 e. The van der Waals surface area contributed by atoms with Crippen LogP contribution in [-0.4, -0.2) is 29.1 Å². The number of hydrogen-bond donors (Lipinski definition) is 2. The maximum atomic E-state index is 10.8. The largest absolute Gasteiger partial charge is 0.477 e. The van der Waals surface area contributed by atoms with Gasteiger partial charge in [0.15, 0.2) is 11.5 Å². The lowest BCUT2D eigenvalue weighted by Crippen LogP contribution is -2.31. The van der Waals surface area contributed by atoms with Gasteiger partial charge in [-0.25, -0.2) is 9.78 Å². The van der Waals surface area contributed by atoms with Crippen molar-refractivity contribution in [1.29, 1.82) is 0 Å². The van der Waals surface area contributed by atoms with Gasteiger partial charge in [0.2, 0.25) is 0 Å². The highest BCUT2D eigenvalue weighted by atomic mass is 16.4. The van der Waals surface area contributed by atoms with E-state index in [1.807, 2.05) is 0 Å².